The number of hydrogen-bond donors (Lipinski definition) is 2. The van der Waals surface area contributed by atoms with Crippen molar-refractivity contribution in [2.24, 2.45) is 0 Å². The maximum absolute atomic E-state index is 13.1. The average molecular weight is 395 g/mol. The minimum atomic E-state index is -3.55. The number of aromatic amines is 1. The molecule has 2 aromatic carbocycles. The Labute approximate surface area is 163 Å². The molecule has 7 heteroatoms. The summed E-state index contributed by atoms with van der Waals surface area (Å²) >= 11 is 0. The van der Waals surface area contributed by atoms with Gasteiger partial charge in [-0.2, -0.15) is 4.31 Å². The Morgan fingerprint density at radius 3 is 2.64 bits per heavy atom. The lowest BCUT2D eigenvalue weighted by molar-refractivity contribution is -0.115. The summed E-state index contributed by atoms with van der Waals surface area (Å²) in [4.78, 5) is 15.1. The second-order valence-corrected chi connectivity index (χ2v) is 9.45. The van der Waals surface area contributed by atoms with E-state index in [9.17, 15) is 13.2 Å². The van der Waals surface area contributed by atoms with Gasteiger partial charge in [-0.3, -0.25) is 4.79 Å². The Hall–Kier alpha value is -2.64. The zero-order valence-corrected chi connectivity index (χ0v) is 16.1. The lowest BCUT2D eigenvalue weighted by Gasteiger charge is -2.31. The number of aromatic nitrogens is 1. The van der Waals surface area contributed by atoms with Crippen LogP contribution in [0.1, 0.15) is 29.9 Å². The summed E-state index contributed by atoms with van der Waals surface area (Å²) in [6, 6.07) is 13.1. The number of carbonyl (C=O) groups is 1. The maximum atomic E-state index is 13.1. The summed E-state index contributed by atoms with van der Waals surface area (Å²) in [6.45, 7) is 1.00. The minimum Gasteiger partial charge on any atom is -0.361 e. The highest BCUT2D eigenvalue weighted by Crippen LogP contribution is 2.35. The number of anilines is 1. The zero-order chi connectivity index (χ0) is 19.3. The van der Waals surface area contributed by atoms with Gasteiger partial charge in [0.25, 0.3) is 0 Å². The van der Waals surface area contributed by atoms with E-state index in [1.54, 1.807) is 22.5 Å². The lowest BCUT2D eigenvalue weighted by Crippen LogP contribution is -2.37. The molecule has 1 amide bonds. The topological polar surface area (TPSA) is 82.3 Å². The third kappa shape index (κ3) is 2.82. The van der Waals surface area contributed by atoms with Crippen LogP contribution in [0, 0.1) is 0 Å². The van der Waals surface area contributed by atoms with Crippen molar-refractivity contribution >= 4 is 32.5 Å². The Morgan fingerprint density at radius 2 is 1.82 bits per heavy atom. The van der Waals surface area contributed by atoms with E-state index in [2.05, 4.69) is 28.6 Å². The van der Waals surface area contributed by atoms with Gasteiger partial charge in [0, 0.05) is 35.9 Å². The first-order valence-electron chi connectivity index (χ1n) is 9.51. The highest BCUT2D eigenvalue weighted by molar-refractivity contribution is 7.89. The fraction of sp³-hybridized carbons (Fsp3) is 0.286. The van der Waals surface area contributed by atoms with Crippen LogP contribution in [0.25, 0.3) is 10.9 Å². The molecule has 0 radical (unpaired) electrons. The Morgan fingerprint density at radius 1 is 1.04 bits per heavy atom. The molecule has 28 heavy (non-hydrogen) atoms. The number of fused-ring (bicyclic) bond motifs is 2. The number of rotatable bonds is 3. The number of nitrogens with zero attached hydrogens (tertiary/aromatic N) is 1. The van der Waals surface area contributed by atoms with Gasteiger partial charge in [0.1, 0.15) is 0 Å². The number of hydrogen-bond acceptors (Lipinski definition) is 3. The van der Waals surface area contributed by atoms with Crippen LogP contribution in [0.3, 0.4) is 0 Å². The molecule has 2 aliphatic heterocycles. The summed E-state index contributed by atoms with van der Waals surface area (Å²) in [5.41, 5.74) is 3.85. The first kappa shape index (κ1) is 17.5. The molecule has 6 nitrogen and oxygen atoms in total. The predicted octanol–water partition coefficient (Wildman–Crippen LogP) is 3.23. The minimum absolute atomic E-state index is 0.0934. The van der Waals surface area contributed by atoms with Gasteiger partial charge in [0.15, 0.2) is 0 Å². The van der Waals surface area contributed by atoms with Gasteiger partial charge in [0.05, 0.1) is 11.3 Å². The van der Waals surface area contributed by atoms with Crippen molar-refractivity contribution in [2.45, 2.75) is 30.1 Å². The molecule has 0 bridgehead atoms. The molecule has 0 saturated carbocycles. The van der Waals surface area contributed by atoms with E-state index in [-0.39, 0.29) is 17.2 Å². The van der Waals surface area contributed by atoms with E-state index < -0.39 is 10.0 Å². The third-order valence-electron chi connectivity index (χ3n) is 5.85. The van der Waals surface area contributed by atoms with Crippen molar-refractivity contribution in [3.63, 3.8) is 0 Å². The molecule has 1 aromatic heterocycles. The van der Waals surface area contributed by atoms with Crippen LogP contribution in [0.15, 0.2) is 53.6 Å². The van der Waals surface area contributed by atoms with E-state index in [0.717, 1.165) is 23.9 Å². The molecule has 0 spiro atoms. The number of piperidine rings is 1. The molecule has 2 aliphatic rings. The molecule has 3 aromatic rings. The summed E-state index contributed by atoms with van der Waals surface area (Å²) in [5, 5.41) is 3.96. The highest BCUT2D eigenvalue weighted by Gasteiger charge is 2.31. The fourth-order valence-electron chi connectivity index (χ4n) is 4.35. The van der Waals surface area contributed by atoms with Gasteiger partial charge in [-0.15, -0.1) is 0 Å². The summed E-state index contributed by atoms with van der Waals surface area (Å²) in [6.07, 6.45) is 3.89. The first-order chi connectivity index (χ1) is 13.5. The Bertz CT molecular complexity index is 1170. The van der Waals surface area contributed by atoms with E-state index in [4.69, 9.17) is 0 Å². The van der Waals surface area contributed by atoms with Gasteiger partial charge in [0.2, 0.25) is 15.9 Å². The van der Waals surface area contributed by atoms with Crippen molar-refractivity contribution in [1.29, 1.82) is 0 Å². The van der Waals surface area contributed by atoms with Crippen LogP contribution in [0.5, 0.6) is 0 Å². The number of benzene rings is 2. The van der Waals surface area contributed by atoms with Crippen LogP contribution in [-0.4, -0.2) is 36.7 Å². The maximum Gasteiger partial charge on any atom is 0.243 e. The molecular formula is C21H21N3O3S. The summed E-state index contributed by atoms with van der Waals surface area (Å²) in [5.74, 6) is 0.258. The highest BCUT2D eigenvalue weighted by atomic mass is 32.2. The quantitative estimate of drug-likeness (QED) is 0.714. The van der Waals surface area contributed by atoms with E-state index in [1.807, 2.05) is 12.1 Å². The predicted molar refractivity (Wildman–Crippen MR) is 108 cm³/mol. The summed E-state index contributed by atoms with van der Waals surface area (Å²) in [7, 11) is -3.55. The van der Waals surface area contributed by atoms with Crippen LogP contribution in [-0.2, 0) is 21.2 Å². The monoisotopic (exact) mass is 395 g/mol. The molecule has 2 N–H and O–H groups in total. The van der Waals surface area contributed by atoms with Gasteiger partial charge in [-0.1, -0.05) is 18.2 Å². The Kier molecular flexibility index (Phi) is 4.03. The first-order valence-corrected chi connectivity index (χ1v) is 11.0. The lowest BCUT2D eigenvalue weighted by atomic mass is 9.90. The summed E-state index contributed by atoms with van der Waals surface area (Å²) < 4.78 is 27.8. The van der Waals surface area contributed by atoms with Crippen molar-refractivity contribution in [3.8, 4) is 0 Å². The number of carbonyl (C=O) groups excluding carboxylic acids is 1. The molecule has 0 atom stereocenters. The van der Waals surface area contributed by atoms with Crippen LogP contribution in [0.2, 0.25) is 0 Å². The second-order valence-electron chi connectivity index (χ2n) is 7.51. The van der Waals surface area contributed by atoms with Crippen LogP contribution in [0.4, 0.5) is 5.69 Å². The van der Waals surface area contributed by atoms with E-state index >= 15 is 0 Å². The van der Waals surface area contributed by atoms with Crippen LogP contribution < -0.4 is 5.32 Å². The SMILES string of the molecule is O=C1Cc2cc(S(=O)(=O)N3CCC(c4c[nH]c5ccccc45)CC3)ccc2N1. The molecule has 5 rings (SSSR count). The second kappa shape index (κ2) is 6.46. The van der Waals surface area contributed by atoms with Crippen LogP contribution >= 0.6 is 0 Å². The van der Waals surface area contributed by atoms with Gasteiger partial charge in [-0.05, 0) is 54.2 Å². The number of sulfonamides is 1. The average Bonchev–Trinajstić information content (AvgIpc) is 3.30. The van der Waals surface area contributed by atoms with Gasteiger partial charge >= 0.3 is 0 Å². The van der Waals surface area contributed by atoms with E-state index in [1.165, 1.54) is 10.9 Å². The normalized spacial score (nSPS) is 18.4. The number of para-hydroxylation sites is 1. The fourth-order valence-corrected chi connectivity index (χ4v) is 5.87. The van der Waals surface area contributed by atoms with Crippen molar-refractivity contribution in [3.05, 3.63) is 59.8 Å². The van der Waals surface area contributed by atoms with Gasteiger partial charge in [-0.25, -0.2) is 8.42 Å². The standard InChI is InChI=1S/C21H21N3O3S/c25-21-12-15-11-16(5-6-19(15)23-21)28(26,27)24-9-7-14(8-10-24)18-13-22-20-4-2-1-3-17(18)20/h1-6,11,13-14,22H,7-10,12H2,(H,23,25). The zero-order valence-electron chi connectivity index (χ0n) is 15.3. The van der Waals surface area contributed by atoms with E-state index in [0.29, 0.717) is 24.7 Å². The van der Waals surface area contributed by atoms with Crippen molar-refractivity contribution in [1.82, 2.24) is 9.29 Å². The molecule has 3 heterocycles. The molecule has 1 saturated heterocycles. The van der Waals surface area contributed by atoms with Crippen molar-refractivity contribution in [2.75, 3.05) is 18.4 Å². The number of nitrogens with one attached hydrogen (secondary N) is 2. The van der Waals surface area contributed by atoms with Crippen molar-refractivity contribution < 1.29 is 13.2 Å². The Balaban J connectivity index is 1.35. The molecule has 0 unspecified atom stereocenters. The molecular weight excluding hydrogens is 374 g/mol. The molecule has 1 fully saturated rings. The largest absolute Gasteiger partial charge is 0.361 e. The molecule has 144 valence electrons. The smallest absolute Gasteiger partial charge is 0.243 e. The number of amides is 1. The van der Waals surface area contributed by atoms with Gasteiger partial charge < -0.3 is 10.3 Å². The molecule has 0 aliphatic carbocycles. The third-order valence-corrected chi connectivity index (χ3v) is 7.75. The number of H-pyrrole nitrogens is 1.